The minimum absolute atomic E-state index is 0.261. The van der Waals surface area contributed by atoms with E-state index in [9.17, 15) is 26.3 Å². The molecule has 0 aliphatic heterocycles. The number of rotatable bonds is 3. The number of aromatic nitrogens is 4. The molecule has 0 saturated carbocycles. The van der Waals surface area contributed by atoms with E-state index in [0.29, 0.717) is 0 Å². The summed E-state index contributed by atoms with van der Waals surface area (Å²) in [5.74, 6) is -3.86. The molecule has 0 saturated heterocycles. The smallest absolute Gasteiger partial charge is 0.417 e. The summed E-state index contributed by atoms with van der Waals surface area (Å²) in [7, 11) is 0. The predicted molar refractivity (Wildman–Crippen MR) is 46.0 cm³/mol. The molecule has 0 amide bonds. The Bertz CT molecular complexity index is 534. The van der Waals surface area contributed by atoms with Crippen LogP contribution in [0.3, 0.4) is 0 Å². The largest absolute Gasteiger partial charge is 0.470 e. The van der Waals surface area contributed by atoms with E-state index in [4.69, 9.17) is 0 Å². The predicted octanol–water partition coefficient (Wildman–Crippen LogP) is 2.28. The van der Waals surface area contributed by atoms with Crippen molar-refractivity contribution in [2.75, 3.05) is 0 Å². The monoisotopic (exact) mass is 302 g/mol. The summed E-state index contributed by atoms with van der Waals surface area (Å²) in [6.07, 6.45) is -10.1. The van der Waals surface area contributed by atoms with Gasteiger partial charge in [-0.25, -0.2) is 0 Å². The molecular weight excluding hydrogens is 298 g/mol. The van der Waals surface area contributed by atoms with Crippen molar-refractivity contribution in [2.24, 2.45) is 0 Å². The molecule has 0 aliphatic carbocycles. The molecule has 2 heterocycles. The van der Waals surface area contributed by atoms with Gasteiger partial charge >= 0.3 is 24.1 Å². The molecule has 6 nitrogen and oxygen atoms in total. The van der Waals surface area contributed by atoms with Crippen molar-refractivity contribution >= 4 is 0 Å². The number of hydrogen-bond acceptors (Lipinski definition) is 6. The third kappa shape index (κ3) is 3.24. The Hall–Kier alpha value is -2.14. The Morgan fingerprint density at radius 1 is 0.650 bits per heavy atom. The molecular formula is C8H4F6N4O2. The van der Waals surface area contributed by atoms with Crippen molar-refractivity contribution in [3.05, 3.63) is 23.6 Å². The number of hydrogen-bond donors (Lipinski definition) is 0. The van der Waals surface area contributed by atoms with Crippen LogP contribution in [0.1, 0.15) is 23.6 Å². The van der Waals surface area contributed by atoms with Crippen molar-refractivity contribution in [2.45, 2.75) is 25.2 Å². The molecule has 0 aliphatic rings. The Kier molecular flexibility index (Phi) is 3.39. The van der Waals surface area contributed by atoms with Crippen LogP contribution in [0.15, 0.2) is 8.83 Å². The van der Waals surface area contributed by atoms with E-state index >= 15 is 0 Å². The van der Waals surface area contributed by atoms with E-state index in [0.717, 1.165) is 0 Å². The van der Waals surface area contributed by atoms with Gasteiger partial charge in [-0.3, -0.25) is 0 Å². The maximum Gasteiger partial charge on any atom is 0.470 e. The molecule has 0 aromatic carbocycles. The van der Waals surface area contributed by atoms with Crippen molar-refractivity contribution in [1.82, 2.24) is 20.4 Å². The Balaban J connectivity index is 1.99. The lowest BCUT2D eigenvalue weighted by atomic mass is 10.3. The zero-order chi connectivity index (χ0) is 15.0. The lowest BCUT2D eigenvalue weighted by molar-refractivity contribution is -0.158. The van der Waals surface area contributed by atoms with Gasteiger partial charge in [-0.05, 0) is 0 Å². The fourth-order valence-corrected chi connectivity index (χ4v) is 1.15. The molecule has 2 rings (SSSR count). The van der Waals surface area contributed by atoms with E-state index < -0.39 is 35.9 Å². The van der Waals surface area contributed by atoms with Crippen LogP contribution in [-0.2, 0) is 25.2 Å². The first-order chi connectivity index (χ1) is 9.16. The lowest BCUT2D eigenvalue weighted by Crippen LogP contribution is -2.04. The molecule has 0 atom stereocenters. The van der Waals surface area contributed by atoms with Crippen LogP contribution < -0.4 is 0 Å². The molecule has 0 spiro atoms. The van der Waals surface area contributed by atoms with E-state index in [2.05, 4.69) is 29.2 Å². The van der Waals surface area contributed by atoms with E-state index in [-0.39, 0.29) is 12.8 Å². The summed E-state index contributed by atoms with van der Waals surface area (Å²) in [4.78, 5) is 0. The first-order valence-corrected chi connectivity index (χ1v) is 4.95. The van der Waals surface area contributed by atoms with Crippen LogP contribution in [0.5, 0.6) is 0 Å². The van der Waals surface area contributed by atoms with Crippen molar-refractivity contribution < 1.29 is 35.2 Å². The molecule has 110 valence electrons. The fourth-order valence-electron chi connectivity index (χ4n) is 1.15. The zero-order valence-electron chi connectivity index (χ0n) is 9.29. The van der Waals surface area contributed by atoms with Gasteiger partial charge in [0.25, 0.3) is 0 Å². The highest BCUT2D eigenvalue weighted by Crippen LogP contribution is 2.29. The van der Waals surface area contributed by atoms with Crippen LogP contribution in [0, 0.1) is 0 Å². The zero-order valence-corrected chi connectivity index (χ0v) is 9.29. The van der Waals surface area contributed by atoms with Gasteiger partial charge in [-0.15, -0.1) is 20.4 Å². The van der Waals surface area contributed by atoms with Crippen molar-refractivity contribution in [3.63, 3.8) is 0 Å². The topological polar surface area (TPSA) is 77.8 Å². The first kappa shape index (κ1) is 14.3. The maximum atomic E-state index is 12.1. The molecule has 12 heteroatoms. The molecule has 0 unspecified atom stereocenters. The summed E-state index contributed by atoms with van der Waals surface area (Å²) in [5.41, 5.74) is 0. The van der Waals surface area contributed by atoms with Gasteiger partial charge in [0.05, 0.1) is 0 Å². The van der Waals surface area contributed by atoms with Gasteiger partial charge in [-0.1, -0.05) is 0 Å². The van der Waals surface area contributed by atoms with Gasteiger partial charge in [0.15, 0.2) is 0 Å². The van der Waals surface area contributed by atoms with Gasteiger partial charge in [0.1, 0.15) is 0 Å². The van der Waals surface area contributed by atoms with Gasteiger partial charge in [0, 0.05) is 12.8 Å². The standard InChI is InChI=1S/C8H4F6N4O2/c9-7(10,11)5-17-15-3(19-5)1-2-4-16-18-6(20-4)8(12,13)14/h1-2H2. The maximum absolute atomic E-state index is 12.1. The summed E-state index contributed by atoms with van der Waals surface area (Å²) in [6.45, 7) is 0. The van der Waals surface area contributed by atoms with Crippen molar-refractivity contribution in [1.29, 1.82) is 0 Å². The molecule has 0 bridgehead atoms. The third-order valence-corrected chi connectivity index (χ3v) is 1.97. The van der Waals surface area contributed by atoms with Crippen LogP contribution >= 0.6 is 0 Å². The number of nitrogens with zero attached hydrogens (tertiary/aromatic N) is 4. The Morgan fingerprint density at radius 2 is 1.00 bits per heavy atom. The lowest BCUT2D eigenvalue weighted by Gasteiger charge is -1.97. The molecule has 0 radical (unpaired) electrons. The molecule has 2 aromatic heterocycles. The summed E-state index contributed by atoms with van der Waals surface area (Å²) >= 11 is 0. The number of aryl methyl sites for hydroxylation is 2. The third-order valence-electron chi connectivity index (χ3n) is 1.97. The second kappa shape index (κ2) is 4.76. The summed E-state index contributed by atoms with van der Waals surface area (Å²) in [5, 5.41) is 11.7. The fraction of sp³-hybridized carbons (Fsp3) is 0.500. The van der Waals surface area contributed by atoms with E-state index in [1.807, 2.05) is 0 Å². The van der Waals surface area contributed by atoms with Crippen LogP contribution in [0.25, 0.3) is 0 Å². The average Bonchev–Trinajstić information content (AvgIpc) is 2.94. The minimum atomic E-state index is -4.78. The van der Waals surface area contributed by atoms with E-state index in [1.165, 1.54) is 0 Å². The number of halogens is 6. The van der Waals surface area contributed by atoms with E-state index in [1.54, 1.807) is 0 Å². The van der Waals surface area contributed by atoms with Crippen LogP contribution in [0.2, 0.25) is 0 Å². The summed E-state index contributed by atoms with van der Waals surface area (Å²) < 4.78 is 81.4. The molecule has 0 N–H and O–H groups in total. The highest BCUT2D eigenvalue weighted by atomic mass is 19.4. The SMILES string of the molecule is FC(F)(F)c1nnc(CCc2nnc(C(F)(F)F)o2)o1. The minimum Gasteiger partial charge on any atom is -0.417 e. The van der Waals surface area contributed by atoms with Crippen LogP contribution in [0.4, 0.5) is 26.3 Å². The van der Waals surface area contributed by atoms with Crippen LogP contribution in [-0.4, -0.2) is 20.4 Å². The Labute approximate surface area is 105 Å². The highest BCUT2D eigenvalue weighted by molar-refractivity contribution is 4.91. The second-order valence-electron chi connectivity index (χ2n) is 3.50. The van der Waals surface area contributed by atoms with Gasteiger partial charge in [0.2, 0.25) is 11.8 Å². The average molecular weight is 302 g/mol. The first-order valence-electron chi connectivity index (χ1n) is 4.95. The number of alkyl halides is 6. The highest BCUT2D eigenvalue weighted by Gasteiger charge is 2.39. The molecule has 0 fully saturated rings. The van der Waals surface area contributed by atoms with Crippen molar-refractivity contribution in [3.8, 4) is 0 Å². The van der Waals surface area contributed by atoms with Gasteiger partial charge in [-0.2, -0.15) is 26.3 Å². The second-order valence-corrected chi connectivity index (χ2v) is 3.50. The Morgan fingerprint density at radius 3 is 1.25 bits per heavy atom. The quantitative estimate of drug-likeness (QED) is 0.809. The summed E-state index contributed by atoms with van der Waals surface area (Å²) in [6, 6.07) is 0. The molecule has 2 aromatic rings. The van der Waals surface area contributed by atoms with Gasteiger partial charge < -0.3 is 8.83 Å². The normalized spacial score (nSPS) is 12.9. The molecule has 20 heavy (non-hydrogen) atoms.